The molecule has 158 valence electrons. The van der Waals surface area contributed by atoms with Gasteiger partial charge in [-0.15, -0.1) is 0 Å². The van der Waals surface area contributed by atoms with Crippen LogP contribution in [0.2, 0.25) is 0 Å². The summed E-state index contributed by atoms with van der Waals surface area (Å²) in [5, 5.41) is 2.72. The van der Waals surface area contributed by atoms with Crippen LogP contribution in [-0.4, -0.2) is 47.4 Å². The zero-order valence-corrected chi connectivity index (χ0v) is 17.9. The van der Waals surface area contributed by atoms with E-state index >= 15 is 0 Å². The predicted molar refractivity (Wildman–Crippen MR) is 113 cm³/mol. The Hall–Kier alpha value is -2.94. The van der Waals surface area contributed by atoms with Gasteiger partial charge in [-0.25, -0.2) is 8.42 Å². The number of anilines is 2. The monoisotopic (exact) mass is 422 g/mol. The van der Waals surface area contributed by atoms with Gasteiger partial charge in [-0.2, -0.15) is 0 Å². The molecule has 0 bridgehead atoms. The van der Waals surface area contributed by atoms with Crippen molar-refractivity contribution in [2.45, 2.75) is 19.9 Å². The molecule has 1 amide bonds. The van der Waals surface area contributed by atoms with Crippen LogP contribution >= 0.6 is 0 Å². The molecule has 0 radical (unpaired) electrons. The summed E-state index contributed by atoms with van der Waals surface area (Å²) in [6.45, 7) is 3.88. The van der Waals surface area contributed by atoms with Crippen LogP contribution in [0.1, 0.15) is 13.8 Å². The van der Waals surface area contributed by atoms with Crippen LogP contribution in [0.4, 0.5) is 11.4 Å². The molecule has 0 unspecified atom stereocenters. The fourth-order valence-corrected chi connectivity index (χ4v) is 4.00. The van der Waals surface area contributed by atoms with E-state index in [4.69, 9.17) is 14.2 Å². The standard InChI is InChI=1S/C20H26N2O6S/c1-6-28-17-10-8-16(9-11-17)22(29(5,24)25)14(2)20(23)21-15-7-12-18(26-3)19(13-15)27-4/h7-14H,6H2,1-5H3,(H,21,23)/t14-/m1/s1. The van der Waals surface area contributed by atoms with Crippen molar-refractivity contribution in [3.8, 4) is 17.2 Å². The van der Waals surface area contributed by atoms with Crippen molar-refractivity contribution in [1.82, 2.24) is 0 Å². The van der Waals surface area contributed by atoms with E-state index in [-0.39, 0.29) is 0 Å². The Morgan fingerprint density at radius 3 is 2.21 bits per heavy atom. The van der Waals surface area contributed by atoms with Crippen LogP contribution in [0.25, 0.3) is 0 Å². The van der Waals surface area contributed by atoms with Crippen LogP contribution in [0.3, 0.4) is 0 Å². The Morgan fingerprint density at radius 1 is 1.07 bits per heavy atom. The second-order valence-electron chi connectivity index (χ2n) is 6.22. The van der Waals surface area contributed by atoms with Crippen molar-refractivity contribution >= 4 is 27.3 Å². The third-order valence-electron chi connectivity index (χ3n) is 4.14. The first-order valence-corrected chi connectivity index (χ1v) is 10.8. The summed E-state index contributed by atoms with van der Waals surface area (Å²) in [5.74, 6) is 1.10. The Balaban J connectivity index is 2.27. The second kappa shape index (κ2) is 9.51. The van der Waals surface area contributed by atoms with E-state index < -0.39 is 22.0 Å². The van der Waals surface area contributed by atoms with Gasteiger partial charge in [-0.05, 0) is 50.2 Å². The van der Waals surface area contributed by atoms with Crippen molar-refractivity contribution < 1.29 is 27.4 Å². The number of nitrogens with one attached hydrogen (secondary N) is 1. The lowest BCUT2D eigenvalue weighted by molar-refractivity contribution is -0.116. The minimum atomic E-state index is -3.72. The smallest absolute Gasteiger partial charge is 0.247 e. The summed E-state index contributed by atoms with van der Waals surface area (Å²) in [4.78, 5) is 12.8. The number of nitrogens with zero attached hydrogens (tertiary/aromatic N) is 1. The Labute approximate surface area is 171 Å². The molecular weight excluding hydrogens is 396 g/mol. The molecule has 0 aliphatic carbocycles. The first-order valence-electron chi connectivity index (χ1n) is 8.96. The number of amides is 1. The maximum atomic E-state index is 12.8. The van der Waals surface area contributed by atoms with Crippen molar-refractivity contribution in [2.75, 3.05) is 36.7 Å². The number of carbonyl (C=O) groups is 1. The summed E-state index contributed by atoms with van der Waals surface area (Å²) < 4.78 is 41.7. The van der Waals surface area contributed by atoms with E-state index in [1.54, 1.807) is 42.5 Å². The number of hydrogen-bond donors (Lipinski definition) is 1. The predicted octanol–water partition coefficient (Wildman–Crippen LogP) is 2.90. The summed E-state index contributed by atoms with van der Waals surface area (Å²) in [7, 11) is -0.714. The van der Waals surface area contributed by atoms with Gasteiger partial charge in [-0.3, -0.25) is 9.10 Å². The largest absolute Gasteiger partial charge is 0.494 e. The number of sulfonamides is 1. The van der Waals surface area contributed by atoms with E-state index in [1.165, 1.54) is 21.1 Å². The molecule has 2 rings (SSSR count). The molecule has 0 fully saturated rings. The minimum Gasteiger partial charge on any atom is -0.494 e. The van der Waals surface area contributed by atoms with Crippen molar-refractivity contribution in [1.29, 1.82) is 0 Å². The van der Waals surface area contributed by atoms with Crippen LogP contribution in [-0.2, 0) is 14.8 Å². The maximum Gasteiger partial charge on any atom is 0.247 e. The normalized spacial score (nSPS) is 12.0. The fourth-order valence-electron chi connectivity index (χ4n) is 2.83. The van der Waals surface area contributed by atoms with E-state index in [1.807, 2.05) is 6.92 Å². The van der Waals surface area contributed by atoms with E-state index in [0.717, 1.165) is 10.6 Å². The van der Waals surface area contributed by atoms with Gasteiger partial charge >= 0.3 is 0 Å². The minimum absolute atomic E-state index is 0.367. The summed E-state index contributed by atoms with van der Waals surface area (Å²) >= 11 is 0. The molecule has 0 saturated carbocycles. The van der Waals surface area contributed by atoms with Gasteiger partial charge in [0.05, 0.1) is 32.8 Å². The first-order chi connectivity index (χ1) is 13.7. The van der Waals surface area contributed by atoms with Crippen molar-refractivity contribution in [3.05, 3.63) is 42.5 Å². The Morgan fingerprint density at radius 2 is 1.69 bits per heavy atom. The highest BCUT2D eigenvalue weighted by Crippen LogP contribution is 2.30. The molecule has 0 aliphatic heterocycles. The quantitative estimate of drug-likeness (QED) is 0.668. The number of ether oxygens (including phenoxy) is 3. The summed E-state index contributed by atoms with van der Waals surface area (Å²) in [6.07, 6.45) is 1.06. The summed E-state index contributed by atoms with van der Waals surface area (Å²) in [6, 6.07) is 10.4. The molecule has 0 aliphatic rings. The van der Waals surface area contributed by atoms with Gasteiger partial charge in [0.1, 0.15) is 11.8 Å². The topological polar surface area (TPSA) is 94.2 Å². The zero-order chi connectivity index (χ0) is 21.6. The SMILES string of the molecule is CCOc1ccc(N([C@H](C)C(=O)Nc2ccc(OC)c(OC)c2)S(C)(=O)=O)cc1. The van der Waals surface area contributed by atoms with Gasteiger partial charge in [0.25, 0.3) is 0 Å². The molecule has 9 heteroatoms. The number of hydrogen-bond acceptors (Lipinski definition) is 6. The summed E-state index contributed by atoms with van der Waals surface area (Å²) in [5.41, 5.74) is 0.825. The number of rotatable bonds is 9. The molecule has 0 heterocycles. The lowest BCUT2D eigenvalue weighted by Crippen LogP contribution is -2.45. The highest BCUT2D eigenvalue weighted by atomic mass is 32.2. The van der Waals surface area contributed by atoms with E-state index in [0.29, 0.717) is 35.2 Å². The van der Waals surface area contributed by atoms with Gasteiger partial charge in [0, 0.05) is 11.8 Å². The Kier molecular flexibility index (Phi) is 7.33. The van der Waals surface area contributed by atoms with Crippen LogP contribution < -0.4 is 23.8 Å². The lowest BCUT2D eigenvalue weighted by Gasteiger charge is -2.28. The molecule has 8 nitrogen and oxygen atoms in total. The zero-order valence-electron chi connectivity index (χ0n) is 17.1. The molecule has 1 N–H and O–H groups in total. The Bertz CT molecular complexity index is 944. The van der Waals surface area contributed by atoms with Crippen LogP contribution in [0.5, 0.6) is 17.2 Å². The second-order valence-corrected chi connectivity index (χ2v) is 8.08. The average Bonchev–Trinajstić information content (AvgIpc) is 2.68. The van der Waals surface area contributed by atoms with Gasteiger partial charge in [0.15, 0.2) is 11.5 Å². The molecule has 1 atom stereocenters. The van der Waals surface area contributed by atoms with Gasteiger partial charge < -0.3 is 19.5 Å². The van der Waals surface area contributed by atoms with Crippen molar-refractivity contribution in [2.24, 2.45) is 0 Å². The highest BCUT2D eigenvalue weighted by molar-refractivity contribution is 7.92. The molecule has 2 aromatic carbocycles. The van der Waals surface area contributed by atoms with Gasteiger partial charge in [0.2, 0.25) is 15.9 Å². The molecule has 0 spiro atoms. The molecule has 2 aromatic rings. The molecule has 0 aromatic heterocycles. The maximum absolute atomic E-state index is 12.8. The average molecular weight is 423 g/mol. The first kappa shape index (κ1) is 22.4. The third-order valence-corrected chi connectivity index (χ3v) is 5.38. The number of benzene rings is 2. The van der Waals surface area contributed by atoms with Crippen LogP contribution in [0, 0.1) is 0 Å². The number of carbonyl (C=O) groups excluding carboxylic acids is 1. The van der Waals surface area contributed by atoms with Gasteiger partial charge in [-0.1, -0.05) is 0 Å². The molecule has 0 saturated heterocycles. The van der Waals surface area contributed by atoms with E-state index in [2.05, 4.69) is 5.32 Å². The van der Waals surface area contributed by atoms with E-state index in [9.17, 15) is 13.2 Å². The third kappa shape index (κ3) is 5.54. The highest BCUT2D eigenvalue weighted by Gasteiger charge is 2.29. The lowest BCUT2D eigenvalue weighted by atomic mass is 10.2. The number of methoxy groups -OCH3 is 2. The van der Waals surface area contributed by atoms with Crippen molar-refractivity contribution in [3.63, 3.8) is 0 Å². The molecular formula is C20H26N2O6S. The molecule has 29 heavy (non-hydrogen) atoms. The van der Waals surface area contributed by atoms with Crippen LogP contribution in [0.15, 0.2) is 42.5 Å². The fraction of sp³-hybridized carbons (Fsp3) is 0.350.